The number of aromatic nitrogens is 2. The van der Waals surface area contributed by atoms with Gasteiger partial charge in [0.05, 0.1) is 30.0 Å². The zero-order valence-electron chi connectivity index (χ0n) is 13.9. The predicted octanol–water partition coefficient (Wildman–Crippen LogP) is 0.206. The lowest BCUT2D eigenvalue weighted by Gasteiger charge is -2.35. The molecule has 1 aromatic carbocycles. The molecular formula is C16H17N4O5S-. The Labute approximate surface area is 149 Å². The van der Waals surface area contributed by atoms with Gasteiger partial charge in [0.1, 0.15) is 10.6 Å². The third-order valence-electron chi connectivity index (χ3n) is 4.64. The van der Waals surface area contributed by atoms with Gasteiger partial charge in [0.15, 0.2) is 0 Å². The monoisotopic (exact) mass is 377 g/mol. The van der Waals surface area contributed by atoms with Gasteiger partial charge in [-0.1, -0.05) is 12.1 Å². The second kappa shape index (κ2) is 6.38. The van der Waals surface area contributed by atoms with Crippen LogP contribution in [-0.2, 0) is 14.6 Å². The molecule has 1 fully saturated rings. The molecule has 0 amide bonds. The minimum atomic E-state index is -3.91. The van der Waals surface area contributed by atoms with E-state index in [4.69, 9.17) is 4.74 Å². The van der Waals surface area contributed by atoms with Crippen LogP contribution in [0.3, 0.4) is 0 Å². The van der Waals surface area contributed by atoms with Gasteiger partial charge in [0.25, 0.3) is 5.56 Å². The fraction of sp³-hybridized carbons (Fsp3) is 0.375. The maximum atomic E-state index is 12.9. The van der Waals surface area contributed by atoms with Crippen LogP contribution in [0, 0.1) is 5.21 Å². The largest absolute Gasteiger partial charge is 0.788 e. The summed E-state index contributed by atoms with van der Waals surface area (Å²) in [5, 5.41) is 15.1. The van der Waals surface area contributed by atoms with E-state index in [0.29, 0.717) is 32.0 Å². The summed E-state index contributed by atoms with van der Waals surface area (Å²) in [5.74, 6) is 0. The molecule has 26 heavy (non-hydrogen) atoms. The minimum absolute atomic E-state index is 0.0793. The van der Waals surface area contributed by atoms with Crippen molar-refractivity contribution in [3.8, 4) is 0 Å². The normalized spacial score (nSPS) is 19.0. The SMILES string of the molecule is O=c1c2c(cnn1[O-])S(=O)(=O)c1ccccc1N2CCN1CCOCC1. The van der Waals surface area contributed by atoms with Crippen molar-refractivity contribution in [2.45, 2.75) is 9.79 Å². The first-order valence-electron chi connectivity index (χ1n) is 8.22. The van der Waals surface area contributed by atoms with Crippen LogP contribution in [0.2, 0.25) is 0 Å². The summed E-state index contributed by atoms with van der Waals surface area (Å²) in [6.07, 6.45) is 0.955. The Bertz CT molecular complexity index is 998. The fourth-order valence-corrected chi connectivity index (χ4v) is 4.89. The van der Waals surface area contributed by atoms with E-state index >= 15 is 0 Å². The summed E-state index contributed by atoms with van der Waals surface area (Å²) in [6.45, 7) is 3.79. The van der Waals surface area contributed by atoms with E-state index in [2.05, 4.69) is 10.00 Å². The van der Waals surface area contributed by atoms with E-state index in [1.54, 1.807) is 23.1 Å². The molecule has 0 bridgehead atoms. The average Bonchev–Trinajstić information content (AvgIpc) is 2.65. The molecule has 2 aromatic rings. The number of ether oxygens (including phenoxy) is 1. The van der Waals surface area contributed by atoms with Crippen LogP contribution in [0.25, 0.3) is 0 Å². The number of benzene rings is 1. The number of rotatable bonds is 3. The van der Waals surface area contributed by atoms with Gasteiger partial charge >= 0.3 is 0 Å². The third-order valence-corrected chi connectivity index (χ3v) is 6.44. The Morgan fingerprint density at radius 1 is 1.12 bits per heavy atom. The standard InChI is InChI=1S/C16H17N4O5S/c21-16-15-14(11-17-20(16)22)26(23,24)13-4-2-1-3-12(13)19(15)6-5-18-7-9-25-10-8-18/h1-4,11H,5-10H2/q-1. The molecule has 3 heterocycles. The minimum Gasteiger partial charge on any atom is -0.788 e. The molecule has 0 radical (unpaired) electrons. The Kier molecular flexibility index (Phi) is 4.17. The second-order valence-electron chi connectivity index (χ2n) is 6.11. The molecule has 0 N–H and O–H groups in total. The molecule has 1 saturated heterocycles. The lowest BCUT2D eigenvalue weighted by Crippen LogP contribution is -2.43. The first kappa shape index (κ1) is 17.0. The molecule has 0 saturated carbocycles. The maximum Gasteiger partial charge on any atom is 0.287 e. The van der Waals surface area contributed by atoms with Gasteiger partial charge < -0.3 is 14.8 Å². The molecule has 0 spiro atoms. The summed E-state index contributed by atoms with van der Waals surface area (Å²) in [4.78, 5) is 16.0. The molecule has 2 aliphatic heterocycles. The van der Waals surface area contributed by atoms with Crippen LogP contribution in [0.15, 0.2) is 45.0 Å². The topological polar surface area (TPSA) is 108 Å². The fourth-order valence-electron chi connectivity index (χ4n) is 3.30. The van der Waals surface area contributed by atoms with Gasteiger partial charge in [-0.05, 0) is 12.1 Å². The predicted molar refractivity (Wildman–Crippen MR) is 93.4 cm³/mol. The highest BCUT2D eigenvalue weighted by molar-refractivity contribution is 7.92. The Morgan fingerprint density at radius 2 is 1.85 bits per heavy atom. The molecule has 138 valence electrons. The van der Waals surface area contributed by atoms with Gasteiger partial charge in [-0.15, -0.1) is 0 Å². The molecule has 0 aliphatic carbocycles. The average molecular weight is 377 g/mol. The summed E-state index contributed by atoms with van der Waals surface area (Å²) in [5.41, 5.74) is -0.707. The smallest absolute Gasteiger partial charge is 0.287 e. The maximum absolute atomic E-state index is 12.9. The number of sulfone groups is 1. The van der Waals surface area contributed by atoms with E-state index in [-0.39, 0.29) is 20.3 Å². The third kappa shape index (κ3) is 2.66. The lowest BCUT2D eigenvalue weighted by molar-refractivity contribution is 0.0394. The molecule has 4 rings (SSSR count). The molecule has 0 atom stereocenters. The van der Waals surface area contributed by atoms with Crippen molar-refractivity contribution in [3.05, 3.63) is 46.0 Å². The van der Waals surface area contributed by atoms with Crippen molar-refractivity contribution in [1.82, 2.24) is 14.8 Å². The number of hydrogen-bond acceptors (Lipinski definition) is 8. The van der Waals surface area contributed by atoms with E-state index in [9.17, 15) is 18.4 Å². The van der Waals surface area contributed by atoms with Crippen LogP contribution in [0.4, 0.5) is 11.4 Å². The summed E-state index contributed by atoms with van der Waals surface area (Å²) < 4.78 is 31.1. The molecular weight excluding hydrogens is 360 g/mol. The Hall–Kier alpha value is -2.43. The van der Waals surface area contributed by atoms with Gasteiger partial charge in [-0.2, -0.15) is 5.10 Å². The number of fused-ring (bicyclic) bond motifs is 2. The summed E-state index contributed by atoms with van der Waals surface area (Å²) in [6, 6.07) is 6.48. The van der Waals surface area contributed by atoms with Crippen LogP contribution in [0.1, 0.15) is 0 Å². The summed E-state index contributed by atoms with van der Waals surface area (Å²) >= 11 is 0. The molecule has 10 heteroatoms. The molecule has 0 unspecified atom stereocenters. The van der Waals surface area contributed by atoms with Crippen molar-refractivity contribution >= 4 is 21.2 Å². The van der Waals surface area contributed by atoms with E-state index in [0.717, 1.165) is 19.3 Å². The van der Waals surface area contributed by atoms with E-state index < -0.39 is 15.4 Å². The number of anilines is 2. The number of morpholine rings is 1. The molecule has 9 nitrogen and oxygen atoms in total. The molecule has 2 aliphatic rings. The van der Waals surface area contributed by atoms with Crippen LogP contribution in [0.5, 0.6) is 0 Å². The van der Waals surface area contributed by atoms with Crippen LogP contribution >= 0.6 is 0 Å². The highest BCUT2D eigenvalue weighted by Crippen LogP contribution is 2.41. The zero-order chi connectivity index (χ0) is 18.3. The quantitative estimate of drug-likeness (QED) is 0.747. The summed E-state index contributed by atoms with van der Waals surface area (Å²) in [7, 11) is -3.91. The van der Waals surface area contributed by atoms with Gasteiger partial charge in [-0.25, -0.2) is 8.42 Å². The highest BCUT2D eigenvalue weighted by atomic mass is 32.2. The Balaban J connectivity index is 1.81. The number of hydrogen-bond donors (Lipinski definition) is 0. The van der Waals surface area contributed by atoms with Crippen LogP contribution in [-0.4, -0.2) is 62.7 Å². The number of para-hydroxylation sites is 1. The van der Waals surface area contributed by atoms with E-state index in [1.807, 2.05) is 0 Å². The highest BCUT2D eigenvalue weighted by Gasteiger charge is 2.36. The molecule has 1 aromatic heterocycles. The van der Waals surface area contributed by atoms with Crippen molar-refractivity contribution in [3.63, 3.8) is 0 Å². The first-order valence-corrected chi connectivity index (χ1v) is 9.70. The lowest BCUT2D eigenvalue weighted by atomic mass is 10.2. The van der Waals surface area contributed by atoms with Crippen molar-refractivity contribution in [2.24, 2.45) is 0 Å². The first-order chi connectivity index (χ1) is 12.5. The zero-order valence-corrected chi connectivity index (χ0v) is 14.7. The van der Waals surface area contributed by atoms with Gasteiger partial charge in [0, 0.05) is 26.2 Å². The van der Waals surface area contributed by atoms with Gasteiger partial charge in [0.2, 0.25) is 9.84 Å². The van der Waals surface area contributed by atoms with Crippen molar-refractivity contribution in [2.75, 3.05) is 44.3 Å². The van der Waals surface area contributed by atoms with Crippen LogP contribution < -0.4 is 10.5 Å². The van der Waals surface area contributed by atoms with E-state index in [1.165, 1.54) is 6.07 Å². The number of nitrogens with zero attached hydrogens (tertiary/aromatic N) is 4. The van der Waals surface area contributed by atoms with Gasteiger partial charge in [-0.3, -0.25) is 14.5 Å². The van der Waals surface area contributed by atoms with Crippen molar-refractivity contribution < 1.29 is 13.2 Å². The second-order valence-corrected chi connectivity index (χ2v) is 8.00. The van der Waals surface area contributed by atoms with Crippen molar-refractivity contribution in [1.29, 1.82) is 0 Å². The Morgan fingerprint density at radius 3 is 2.62 bits per heavy atom.